The summed E-state index contributed by atoms with van der Waals surface area (Å²) in [7, 11) is 0. The number of benzene rings is 2. The van der Waals surface area contributed by atoms with E-state index in [1.807, 2.05) is 0 Å². The molecule has 2 rings (SSSR count). The van der Waals surface area contributed by atoms with Crippen LogP contribution in [0.1, 0.15) is 22.8 Å². The summed E-state index contributed by atoms with van der Waals surface area (Å²) < 4.78 is 18.7. The van der Waals surface area contributed by atoms with Gasteiger partial charge in [-0.3, -0.25) is 4.79 Å². The molecule has 0 saturated carbocycles. The van der Waals surface area contributed by atoms with E-state index in [2.05, 4.69) is 5.32 Å². The Balaban J connectivity index is 2.16. The molecule has 0 aliphatic heterocycles. The molecule has 1 amide bonds. The summed E-state index contributed by atoms with van der Waals surface area (Å²) in [5, 5.41) is 2.77. The van der Waals surface area contributed by atoms with Crippen LogP contribution in [0.2, 0.25) is 5.02 Å². The quantitative estimate of drug-likeness (QED) is 0.845. The van der Waals surface area contributed by atoms with Crippen LogP contribution < -0.4 is 5.32 Å². The maximum Gasteiger partial charge on any atom is 0.340 e. The van der Waals surface area contributed by atoms with Gasteiger partial charge in [-0.25, -0.2) is 9.18 Å². The Hall–Kier alpha value is -2.40. The minimum atomic E-state index is -0.550. The zero-order valence-corrected chi connectivity index (χ0v) is 13.2. The summed E-state index contributed by atoms with van der Waals surface area (Å²) in [6.45, 7) is 1.92. The van der Waals surface area contributed by atoms with Crippen LogP contribution in [0.4, 0.5) is 10.1 Å². The molecule has 2 aromatic carbocycles. The van der Waals surface area contributed by atoms with E-state index in [-0.39, 0.29) is 29.2 Å². The number of esters is 1. The average Bonchev–Trinajstić information content (AvgIpc) is 2.52. The molecular formula is C17H15ClFNO3. The molecule has 0 aliphatic carbocycles. The van der Waals surface area contributed by atoms with E-state index in [0.29, 0.717) is 5.69 Å². The predicted octanol–water partition coefficient (Wildman–Crippen LogP) is 3.84. The Morgan fingerprint density at radius 2 is 1.91 bits per heavy atom. The molecule has 0 heterocycles. The summed E-state index contributed by atoms with van der Waals surface area (Å²) in [5.74, 6) is -1.56. The lowest BCUT2D eigenvalue weighted by Crippen LogP contribution is -2.18. The molecule has 0 aliphatic rings. The van der Waals surface area contributed by atoms with Crippen LogP contribution in [-0.4, -0.2) is 18.5 Å². The Morgan fingerprint density at radius 3 is 2.61 bits per heavy atom. The Morgan fingerprint density at radius 1 is 1.17 bits per heavy atom. The number of hydrogen-bond acceptors (Lipinski definition) is 3. The van der Waals surface area contributed by atoms with Crippen LogP contribution in [0, 0.1) is 5.82 Å². The van der Waals surface area contributed by atoms with Gasteiger partial charge in [0.1, 0.15) is 5.82 Å². The van der Waals surface area contributed by atoms with Crippen molar-refractivity contribution in [3.63, 3.8) is 0 Å². The van der Waals surface area contributed by atoms with Crippen molar-refractivity contribution in [3.8, 4) is 0 Å². The van der Waals surface area contributed by atoms with Crippen molar-refractivity contribution in [3.05, 3.63) is 64.4 Å². The molecule has 120 valence electrons. The van der Waals surface area contributed by atoms with E-state index in [9.17, 15) is 14.0 Å². The summed E-state index contributed by atoms with van der Waals surface area (Å²) in [6, 6.07) is 10.7. The van der Waals surface area contributed by atoms with Crippen molar-refractivity contribution >= 4 is 29.2 Å². The van der Waals surface area contributed by atoms with E-state index in [1.165, 1.54) is 18.2 Å². The highest BCUT2D eigenvalue weighted by molar-refractivity contribution is 6.31. The zero-order valence-electron chi connectivity index (χ0n) is 12.4. The summed E-state index contributed by atoms with van der Waals surface area (Å²) >= 11 is 5.91. The normalized spacial score (nSPS) is 10.2. The molecule has 0 fully saturated rings. The van der Waals surface area contributed by atoms with Gasteiger partial charge in [0.2, 0.25) is 5.91 Å². The van der Waals surface area contributed by atoms with Gasteiger partial charge in [0.15, 0.2) is 0 Å². The number of nitrogens with one attached hydrogen (secondary N) is 1. The third-order valence-corrected chi connectivity index (χ3v) is 3.45. The number of halogens is 2. The molecule has 0 aromatic heterocycles. The number of anilines is 1. The highest BCUT2D eigenvalue weighted by atomic mass is 35.5. The molecular weight excluding hydrogens is 321 g/mol. The molecule has 23 heavy (non-hydrogen) atoms. The third-order valence-electron chi connectivity index (χ3n) is 3.10. The van der Waals surface area contributed by atoms with Gasteiger partial charge < -0.3 is 10.1 Å². The standard InChI is InChI=1S/C17H15ClFNO3/c1-2-23-17(22)11-6-3-4-9-15(11)20-16(21)10-12-13(18)7-5-8-14(12)19/h3-9H,2,10H2,1H3,(H,20,21). The van der Waals surface area contributed by atoms with E-state index in [4.69, 9.17) is 16.3 Å². The summed E-state index contributed by atoms with van der Waals surface area (Å²) in [6.07, 6.45) is -0.233. The fourth-order valence-corrected chi connectivity index (χ4v) is 2.26. The monoisotopic (exact) mass is 335 g/mol. The van der Waals surface area contributed by atoms with Crippen LogP contribution in [-0.2, 0) is 16.0 Å². The van der Waals surface area contributed by atoms with E-state index < -0.39 is 17.7 Å². The molecule has 6 heteroatoms. The van der Waals surface area contributed by atoms with Gasteiger partial charge in [-0.05, 0) is 31.2 Å². The number of amides is 1. The Bertz CT molecular complexity index is 713. The largest absolute Gasteiger partial charge is 0.462 e. The van der Waals surface area contributed by atoms with Gasteiger partial charge in [0, 0.05) is 10.6 Å². The van der Waals surface area contributed by atoms with Crippen molar-refractivity contribution in [1.29, 1.82) is 0 Å². The van der Waals surface area contributed by atoms with Gasteiger partial charge in [-0.2, -0.15) is 0 Å². The van der Waals surface area contributed by atoms with Crippen LogP contribution in [0.25, 0.3) is 0 Å². The van der Waals surface area contributed by atoms with Gasteiger partial charge in [-0.15, -0.1) is 0 Å². The number of ether oxygens (including phenoxy) is 1. The van der Waals surface area contributed by atoms with E-state index in [0.717, 1.165) is 0 Å². The topological polar surface area (TPSA) is 55.4 Å². The number of para-hydroxylation sites is 1. The highest BCUT2D eigenvalue weighted by Gasteiger charge is 2.16. The minimum absolute atomic E-state index is 0.111. The van der Waals surface area contributed by atoms with Gasteiger partial charge in [0.25, 0.3) is 0 Å². The lowest BCUT2D eigenvalue weighted by molar-refractivity contribution is -0.115. The van der Waals surface area contributed by atoms with Crippen molar-refractivity contribution in [1.82, 2.24) is 0 Å². The van der Waals surface area contributed by atoms with Crippen molar-refractivity contribution in [2.45, 2.75) is 13.3 Å². The number of carbonyl (C=O) groups excluding carboxylic acids is 2. The fraction of sp³-hybridized carbons (Fsp3) is 0.176. The van der Waals surface area contributed by atoms with Crippen molar-refractivity contribution < 1.29 is 18.7 Å². The first kappa shape index (κ1) is 17.0. The molecule has 1 N–H and O–H groups in total. The molecule has 0 spiro atoms. The van der Waals surface area contributed by atoms with Crippen molar-refractivity contribution in [2.75, 3.05) is 11.9 Å². The molecule has 4 nitrogen and oxygen atoms in total. The fourth-order valence-electron chi connectivity index (χ4n) is 2.04. The molecule has 0 atom stereocenters. The van der Waals surface area contributed by atoms with Crippen LogP contribution in [0.5, 0.6) is 0 Å². The number of hydrogen-bond donors (Lipinski definition) is 1. The molecule has 0 bridgehead atoms. The third kappa shape index (κ3) is 4.29. The first-order valence-corrected chi connectivity index (χ1v) is 7.39. The first-order chi connectivity index (χ1) is 11.0. The van der Waals surface area contributed by atoms with E-state index >= 15 is 0 Å². The highest BCUT2D eigenvalue weighted by Crippen LogP contribution is 2.21. The van der Waals surface area contributed by atoms with Crippen LogP contribution >= 0.6 is 11.6 Å². The minimum Gasteiger partial charge on any atom is -0.462 e. The average molecular weight is 336 g/mol. The predicted molar refractivity (Wildman–Crippen MR) is 86.1 cm³/mol. The summed E-state index contributed by atoms with van der Waals surface area (Å²) in [4.78, 5) is 24.0. The maximum absolute atomic E-state index is 13.7. The zero-order chi connectivity index (χ0) is 16.8. The van der Waals surface area contributed by atoms with Crippen LogP contribution in [0.15, 0.2) is 42.5 Å². The summed E-state index contributed by atoms with van der Waals surface area (Å²) in [5.41, 5.74) is 0.658. The maximum atomic E-state index is 13.7. The lowest BCUT2D eigenvalue weighted by Gasteiger charge is -2.11. The lowest BCUT2D eigenvalue weighted by atomic mass is 10.1. The Kier molecular flexibility index (Phi) is 5.71. The SMILES string of the molecule is CCOC(=O)c1ccccc1NC(=O)Cc1c(F)cccc1Cl. The van der Waals surface area contributed by atoms with Crippen molar-refractivity contribution in [2.24, 2.45) is 0 Å². The molecule has 0 radical (unpaired) electrons. The molecule has 0 saturated heterocycles. The smallest absolute Gasteiger partial charge is 0.340 e. The van der Waals surface area contributed by atoms with Crippen LogP contribution in [0.3, 0.4) is 0 Å². The van der Waals surface area contributed by atoms with Gasteiger partial charge in [0.05, 0.1) is 24.3 Å². The molecule has 2 aromatic rings. The van der Waals surface area contributed by atoms with Gasteiger partial charge in [-0.1, -0.05) is 29.8 Å². The second-order valence-corrected chi connectivity index (χ2v) is 5.10. The first-order valence-electron chi connectivity index (χ1n) is 7.01. The second-order valence-electron chi connectivity index (χ2n) is 4.69. The molecule has 0 unspecified atom stereocenters. The number of rotatable bonds is 5. The Labute approximate surface area is 138 Å². The number of carbonyl (C=O) groups is 2. The van der Waals surface area contributed by atoms with Gasteiger partial charge >= 0.3 is 5.97 Å². The second kappa shape index (κ2) is 7.74. The van der Waals surface area contributed by atoms with E-state index in [1.54, 1.807) is 31.2 Å².